The van der Waals surface area contributed by atoms with Crippen molar-refractivity contribution < 1.29 is 13.6 Å². The largest absolute Gasteiger partial charge is 0.356 e. The van der Waals surface area contributed by atoms with Crippen LogP contribution in [-0.2, 0) is 11.2 Å². The maximum Gasteiger partial charge on any atom is 0.224 e. The number of hydrogen-bond acceptors (Lipinski definition) is 1. The first-order valence-electron chi connectivity index (χ1n) is 7.37. The second-order valence-corrected chi connectivity index (χ2v) is 5.95. The minimum Gasteiger partial charge on any atom is -0.356 e. The van der Waals surface area contributed by atoms with Gasteiger partial charge in [-0.15, -0.1) is 11.6 Å². The molecule has 2 atom stereocenters. The van der Waals surface area contributed by atoms with E-state index in [2.05, 4.69) is 5.32 Å². The predicted octanol–water partition coefficient (Wildman–Crippen LogP) is 3.67. The van der Waals surface area contributed by atoms with Gasteiger partial charge in [0.05, 0.1) is 6.42 Å². The van der Waals surface area contributed by atoms with Gasteiger partial charge in [0, 0.05) is 18.0 Å². The molecule has 0 aliphatic heterocycles. The lowest BCUT2D eigenvalue weighted by atomic mass is 9.80. The highest BCUT2D eigenvalue weighted by atomic mass is 35.5. The Kier molecular flexibility index (Phi) is 5.97. The van der Waals surface area contributed by atoms with E-state index in [1.807, 2.05) is 0 Å². The minimum absolute atomic E-state index is 0.174. The van der Waals surface area contributed by atoms with Gasteiger partial charge in [-0.25, -0.2) is 8.78 Å². The van der Waals surface area contributed by atoms with Crippen molar-refractivity contribution in [1.82, 2.24) is 5.32 Å². The first kappa shape index (κ1) is 16.2. The number of alkyl halides is 1. The molecule has 0 bridgehead atoms. The number of amides is 1. The number of rotatable bonds is 5. The lowest BCUT2D eigenvalue weighted by Gasteiger charge is -2.30. The summed E-state index contributed by atoms with van der Waals surface area (Å²) in [6, 6.07) is 3.62. The quantitative estimate of drug-likeness (QED) is 0.825. The van der Waals surface area contributed by atoms with E-state index in [0.717, 1.165) is 31.4 Å². The fourth-order valence-electron chi connectivity index (χ4n) is 2.93. The van der Waals surface area contributed by atoms with Crippen molar-refractivity contribution in [3.8, 4) is 0 Å². The number of hydrogen-bond donors (Lipinski definition) is 1. The molecule has 1 aliphatic rings. The number of benzene rings is 1. The molecule has 1 N–H and O–H groups in total. The van der Waals surface area contributed by atoms with Crippen LogP contribution in [0, 0.1) is 23.5 Å². The van der Waals surface area contributed by atoms with Gasteiger partial charge in [-0.2, -0.15) is 0 Å². The summed E-state index contributed by atoms with van der Waals surface area (Å²) in [4.78, 5) is 11.9. The third-order valence-corrected chi connectivity index (χ3v) is 4.62. The van der Waals surface area contributed by atoms with Crippen LogP contribution in [0.2, 0.25) is 0 Å². The van der Waals surface area contributed by atoms with E-state index >= 15 is 0 Å². The third-order valence-electron chi connectivity index (χ3n) is 4.23. The van der Waals surface area contributed by atoms with Crippen molar-refractivity contribution in [2.24, 2.45) is 11.8 Å². The number of carbonyl (C=O) groups excluding carboxylic acids is 1. The van der Waals surface area contributed by atoms with Crippen molar-refractivity contribution in [3.63, 3.8) is 0 Å². The molecule has 1 aliphatic carbocycles. The molecule has 0 radical (unpaired) electrons. The van der Waals surface area contributed by atoms with Crippen LogP contribution in [0.3, 0.4) is 0 Å². The van der Waals surface area contributed by atoms with Crippen LogP contribution in [0.1, 0.15) is 31.2 Å². The maximum absolute atomic E-state index is 13.5. The standard InChI is InChI=1S/C16H20ClF2NO/c17-9-11-4-1-2-5-12(11)10-20-16(21)8-13-14(18)6-3-7-15(13)19/h3,6-7,11-12H,1-2,4-5,8-10H2,(H,20,21). The zero-order valence-corrected chi connectivity index (χ0v) is 12.6. The van der Waals surface area contributed by atoms with Crippen LogP contribution in [0.15, 0.2) is 18.2 Å². The summed E-state index contributed by atoms with van der Waals surface area (Å²) >= 11 is 5.95. The van der Waals surface area contributed by atoms with Gasteiger partial charge in [0.15, 0.2) is 0 Å². The SMILES string of the molecule is O=C(Cc1c(F)cccc1F)NCC1CCCCC1CCl. The summed E-state index contributed by atoms with van der Waals surface area (Å²) in [5.41, 5.74) is -0.174. The molecular weight excluding hydrogens is 296 g/mol. The average Bonchev–Trinajstić information content (AvgIpc) is 2.49. The molecule has 1 aromatic carbocycles. The lowest BCUT2D eigenvalue weighted by molar-refractivity contribution is -0.120. The van der Waals surface area contributed by atoms with Crippen molar-refractivity contribution in [3.05, 3.63) is 35.4 Å². The van der Waals surface area contributed by atoms with Gasteiger partial charge in [-0.05, 0) is 36.8 Å². The van der Waals surface area contributed by atoms with E-state index in [1.54, 1.807) is 0 Å². The van der Waals surface area contributed by atoms with Crippen LogP contribution in [-0.4, -0.2) is 18.3 Å². The molecule has 1 amide bonds. The van der Waals surface area contributed by atoms with E-state index in [1.165, 1.54) is 12.5 Å². The van der Waals surface area contributed by atoms with Gasteiger partial charge in [-0.1, -0.05) is 18.9 Å². The topological polar surface area (TPSA) is 29.1 Å². The average molecular weight is 316 g/mol. The third kappa shape index (κ3) is 4.40. The maximum atomic E-state index is 13.5. The lowest BCUT2D eigenvalue weighted by Crippen LogP contribution is -2.35. The predicted molar refractivity (Wildman–Crippen MR) is 79.2 cm³/mol. The molecule has 1 aromatic rings. The summed E-state index contributed by atoms with van der Waals surface area (Å²) in [6.07, 6.45) is 4.20. The second kappa shape index (κ2) is 7.74. The van der Waals surface area contributed by atoms with Gasteiger partial charge in [-0.3, -0.25) is 4.79 Å². The molecule has 116 valence electrons. The normalized spacial score (nSPS) is 22.0. The van der Waals surface area contributed by atoms with Crippen molar-refractivity contribution in [1.29, 1.82) is 0 Å². The fraction of sp³-hybridized carbons (Fsp3) is 0.562. The Morgan fingerprint density at radius 2 is 1.81 bits per heavy atom. The molecule has 0 aromatic heterocycles. The Balaban J connectivity index is 1.87. The van der Waals surface area contributed by atoms with Crippen molar-refractivity contribution >= 4 is 17.5 Å². The summed E-state index contributed by atoms with van der Waals surface area (Å²) < 4.78 is 27.0. The van der Waals surface area contributed by atoms with Gasteiger partial charge in [0.1, 0.15) is 11.6 Å². The Labute approximate surface area is 128 Å². The van der Waals surface area contributed by atoms with Crippen molar-refractivity contribution in [2.45, 2.75) is 32.1 Å². The van der Waals surface area contributed by atoms with E-state index in [9.17, 15) is 13.6 Å². The highest BCUT2D eigenvalue weighted by Gasteiger charge is 2.24. The van der Waals surface area contributed by atoms with Crippen LogP contribution >= 0.6 is 11.6 Å². The summed E-state index contributed by atoms with van der Waals surface area (Å²) in [6.45, 7) is 0.534. The van der Waals surface area contributed by atoms with Crippen LogP contribution < -0.4 is 5.32 Å². The van der Waals surface area contributed by atoms with Crippen LogP contribution in [0.4, 0.5) is 8.78 Å². The van der Waals surface area contributed by atoms with E-state index in [-0.39, 0.29) is 17.9 Å². The Morgan fingerprint density at radius 1 is 1.19 bits per heavy atom. The second-order valence-electron chi connectivity index (χ2n) is 5.64. The zero-order chi connectivity index (χ0) is 15.2. The molecular formula is C16H20ClF2NO. The smallest absolute Gasteiger partial charge is 0.224 e. The summed E-state index contributed by atoms with van der Waals surface area (Å²) in [5.74, 6) is -0.319. The first-order valence-corrected chi connectivity index (χ1v) is 7.90. The van der Waals surface area contributed by atoms with Gasteiger partial charge >= 0.3 is 0 Å². The molecule has 1 fully saturated rings. The molecule has 21 heavy (non-hydrogen) atoms. The molecule has 0 heterocycles. The molecule has 0 saturated heterocycles. The molecule has 2 unspecified atom stereocenters. The zero-order valence-electron chi connectivity index (χ0n) is 11.9. The molecule has 5 heteroatoms. The Hall–Kier alpha value is -1.16. The fourth-order valence-corrected chi connectivity index (χ4v) is 3.33. The van der Waals surface area contributed by atoms with Crippen LogP contribution in [0.25, 0.3) is 0 Å². The summed E-state index contributed by atoms with van der Waals surface area (Å²) in [7, 11) is 0. The minimum atomic E-state index is -0.679. The highest BCUT2D eigenvalue weighted by molar-refractivity contribution is 6.18. The summed E-state index contributed by atoms with van der Waals surface area (Å²) in [5, 5.41) is 2.79. The van der Waals surface area contributed by atoms with Gasteiger partial charge in [0.2, 0.25) is 5.91 Å². The van der Waals surface area contributed by atoms with E-state index in [4.69, 9.17) is 11.6 Å². The molecule has 1 saturated carbocycles. The molecule has 2 nitrogen and oxygen atoms in total. The number of nitrogens with one attached hydrogen (secondary N) is 1. The van der Waals surface area contributed by atoms with Crippen molar-refractivity contribution in [2.75, 3.05) is 12.4 Å². The highest BCUT2D eigenvalue weighted by Crippen LogP contribution is 2.30. The first-order chi connectivity index (χ1) is 10.1. The molecule has 2 rings (SSSR count). The molecule has 0 spiro atoms. The monoisotopic (exact) mass is 315 g/mol. The van der Waals surface area contributed by atoms with E-state index < -0.39 is 11.6 Å². The Bertz CT molecular complexity index is 475. The Morgan fingerprint density at radius 3 is 2.43 bits per heavy atom. The number of carbonyl (C=O) groups is 1. The van der Waals surface area contributed by atoms with Gasteiger partial charge < -0.3 is 5.32 Å². The number of halogens is 3. The van der Waals surface area contributed by atoms with Gasteiger partial charge in [0.25, 0.3) is 0 Å². The van der Waals surface area contributed by atoms with E-state index in [0.29, 0.717) is 24.3 Å². The van der Waals surface area contributed by atoms with Crippen LogP contribution in [0.5, 0.6) is 0 Å².